The van der Waals surface area contributed by atoms with Crippen molar-refractivity contribution in [3.63, 3.8) is 0 Å². The molecule has 0 aromatic heterocycles. The van der Waals surface area contributed by atoms with Gasteiger partial charge in [-0.1, -0.05) is 12.1 Å². The van der Waals surface area contributed by atoms with Gasteiger partial charge in [0, 0.05) is 6.54 Å². The third-order valence-corrected chi connectivity index (χ3v) is 2.64. The molecule has 0 spiro atoms. The Kier molecular flexibility index (Phi) is 2.50. The van der Waals surface area contributed by atoms with E-state index in [0.29, 0.717) is 11.7 Å². The van der Waals surface area contributed by atoms with Gasteiger partial charge in [-0.25, -0.2) is 0 Å². The fourth-order valence-electron chi connectivity index (χ4n) is 1.92. The molecule has 1 unspecified atom stereocenters. The van der Waals surface area contributed by atoms with E-state index in [1.165, 1.54) is 18.4 Å². The Morgan fingerprint density at radius 3 is 3.00 bits per heavy atom. The molecule has 0 amide bonds. The van der Waals surface area contributed by atoms with Crippen LogP contribution in [0, 0.1) is 0 Å². The molecular formula is C11H15NO. The Hall–Kier alpha value is -1.02. The van der Waals surface area contributed by atoms with Crippen LogP contribution in [0.1, 0.15) is 24.3 Å². The second-order valence-corrected chi connectivity index (χ2v) is 3.64. The summed E-state index contributed by atoms with van der Waals surface area (Å²) in [6, 6.07) is 7.61. The number of phenols is 1. The van der Waals surface area contributed by atoms with Gasteiger partial charge in [-0.2, -0.15) is 0 Å². The van der Waals surface area contributed by atoms with Crippen LogP contribution in [0.5, 0.6) is 5.75 Å². The zero-order valence-electron chi connectivity index (χ0n) is 7.66. The SMILES string of the molecule is Oc1cccc(C2CCCNC2)c1. The van der Waals surface area contributed by atoms with Crippen LogP contribution in [0.2, 0.25) is 0 Å². The van der Waals surface area contributed by atoms with E-state index in [2.05, 4.69) is 11.4 Å². The molecule has 2 nitrogen and oxygen atoms in total. The summed E-state index contributed by atoms with van der Waals surface area (Å²) in [5.41, 5.74) is 1.26. The summed E-state index contributed by atoms with van der Waals surface area (Å²) >= 11 is 0. The number of phenolic OH excluding ortho intramolecular Hbond substituents is 1. The number of hydrogen-bond donors (Lipinski definition) is 2. The van der Waals surface area contributed by atoms with E-state index in [9.17, 15) is 5.11 Å². The molecule has 1 heterocycles. The van der Waals surface area contributed by atoms with E-state index < -0.39 is 0 Å². The summed E-state index contributed by atoms with van der Waals surface area (Å²) in [5.74, 6) is 0.962. The second-order valence-electron chi connectivity index (χ2n) is 3.64. The number of aromatic hydroxyl groups is 1. The lowest BCUT2D eigenvalue weighted by molar-refractivity contribution is 0.452. The lowest BCUT2D eigenvalue weighted by Gasteiger charge is -2.23. The summed E-state index contributed by atoms with van der Waals surface area (Å²) < 4.78 is 0. The summed E-state index contributed by atoms with van der Waals surface area (Å²) in [6.45, 7) is 2.18. The molecular weight excluding hydrogens is 162 g/mol. The largest absolute Gasteiger partial charge is 0.508 e. The highest BCUT2D eigenvalue weighted by Crippen LogP contribution is 2.25. The third kappa shape index (κ3) is 2.01. The van der Waals surface area contributed by atoms with Gasteiger partial charge in [0.1, 0.15) is 5.75 Å². The monoisotopic (exact) mass is 177 g/mol. The molecule has 1 aromatic rings. The van der Waals surface area contributed by atoms with Crippen LogP contribution in [-0.4, -0.2) is 18.2 Å². The number of rotatable bonds is 1. The number of hydrogen-bond acceptors (Lipinski definition) is 2. The second kappa shape index (κ2) is 3.79. The molecule has 1 atom stereocenters. The van der Waals surface area contributed by atoms with Gasteiger partial charge in [-0.3, -0.25) is 0 Å². The van der Waals surface area contributed by atoms with Crippen LogP contribution >= 0.6 is 0 Å². The van der Waals surface area contributed by atoms with Crippen molar-refractivity contribution < 1.29 is 5.11 Å². The normalized spacial score (nSPS) is 22.9. The topological polar surface area (TPSA) is 32.3 Å². The first kappa shape index (κ1) is 8.57. The van der Waals surface area contributed by atoms with E-state index in [0.717, 1.165) is 13.1 Å². The molecule has 13 heavy (non-hydrogen) atoms. The van der Waals surface area contributed by atoms with E-state index in [4.69, 9.17) is 0 Å². The van der Waals surface area contributed by atoms with Crippen LogP contribution in [0.3, 0.4) is 0 Å². The highest BCUT2D eigenvalue weighted by atomic mass is 16.3. The number of piperidine rings is 1. The third-order valence-electron chi connectivity index (χ3n) is 2.64. The summed E-state index contributed by atoms with van der Waals surface area (Å²) in [7, 11) is 0. The minimum atomic E-state index is 0.378. The molecule has 0 bridgehead atoms. The van der Waals surface area contributed by atoms with Crippen molar-refractivity contribution in [2.45, 2.75) is 18.8 Å². The van der Waals surface area contributed by atoms with E-state index in [1.807, 2.05) is 12.1 Å². The molecule has 1 saturated heterocycles. The predicted octanol–water partition coefficient (Wildman–Crippen LogP) is 1.86. The fraction of sp³-hybridized carbons (Fsp3) is 0.455. The van der Waals surface area contributed by atoms with Crippen molar-refractivity contribution in [1.82, 2.24) is 5.32 Å². The quantitative estimate of drug-likeness (QED) is 0.686. The average molecular weight is 177 g/mol. The molecule has 70 valence electrons. The molecule has 0 aliphatic carbocycles. The van der Waals surface area contributed by atoms with Crippen LogP contribution in [0.4, 0.5) is 0 Å². The number of nitrogens with one attached hydrogen (secondary N) is 1. The van der Waals surface area contributed by atoms with Crippen molar-refractivity contribution in [2.75, 3.05) is 13.1 Å². The molecule has 2 rings (SSSR count). The Balaban J connectivity index is 2.14. The zero-order chi connectivity index (χ0) is 9.10. The Bertz CT molecular complexity index is 279. The maximum atomic E-state index is 9.32. The Morgan fingerprint density at radius 2 is 2.31 bits per heavy atom. The minimum Gasteiger partial charge on any atom is -0.508 e. The van der Waals surface area contributed by atoms with Crippen LogP contribution in [-0.2, 0) is 0 Å². The zero-order valence-corrected chi connectivity index (χ0v) is 7.66. The highest BCUT2D eigenvalue weighted by Gasteiger charge is 2.14. The first-order valence-electron chi connectivity index (χ1n) is 4.86. The Labute approximate surface area is 78.6 Å². The predicted molar refractivity (Wildman–Crippen MR) is 53.0 cm³/mol. The first-order chi connectivity index (χ1) is 6.36. The van der Waals surface area contributed by atoms with Crippen molar-refractivity contribution in [3.8, 4) is 5.75 Å². The van der Waals surface area contributed by atoms with Gasteiger partial charge < -0.3 is 10.4 Å². The van der Waals surface area contributed by atoms with Crippen molar-refractivity contribution in [2.24, 2.45) is 0 Å². The average Bonchev–Trinajstić information content (AvgIpc) is 2.19. The fourth-order valence-corrected chi connectivity index (χ4v) is 1.92. The van der Waals surface area contributed by atoms with E-state index in [-0.39, 0.29) is 0 Å². The molecule has 1 aliphatic heterocycles. The lowest BCUT2D eigenvalue weighted by Crippen LogP contribution is -2.28. The number of benzene rings is 1. The lowest BCUT2D eigenvalue weighted by atomic mass is 9.92. The molecule has 2 N–H and O–H groups in total. The summed E-state index contributed by atoms with van der Waals surface area (Å²) in [5, 5.41) is 12.7. The molecule has 0 radical (unpaired) electrons. The Morgan fingerprint density at radius 1 is 1.38 bits per heavy atom. The van der Waals surface area contributed by atoms with Crippen molar-refractivity contribution in [3.05, 3.63) is 29.8 Å². The van der Waals surface area contributed by atoms with Gasteiger partial charge in [-0.05, 0) is 43.0 Å². The molecule has 1 fully saturated rings. The van der Waals surface area contributed by atoms with Gasteiger partial charge in [0.15, 0.2) is 0 Å². The standard InChI is InChI=1S/C11H15NO/c13-11-5-1-3-9(7-11)10-4-2-6-12-8-10/h1,3,5,7,10,12-13H,2,4,6,8H2. The van der Waals surface area contributed by atoms with Gasteiger partial charge in [0.05, 0.1) is 0 Å². The van der Waals surface area contributed by atoms with Crippen LogP contribution in [0.15, 0.2) is 24.3 Å². The van der Waals surface area contributed by atoms with Crippen LogP contribution in [0.25, 0.3) is 0 Å². The molecule has 1 aromatic carbocycles. The van der Waals surface area contributed by atoms with Gasteiger partial charge in [0.2, 0.25) is 0 Å². The minimum absolute atomic E-state index is 0.378. The summed E-state index contributed by atoms with van der Waals surface area (Å²) in [6.07, 6.45) is 2.47. The molecule has 2 heteroatoms. The maximum absolute atomic E-state index is 9.32. The molecule has 0 saturated carbocycles. The van der Waals surface area contributed by atoms with Crippen molar-refractivity contribution in [1.29, 1.82) is 0 Å². The maximum Gasteiger partial charge on any atom is 0.115 e. The first-order valence-corrected chi connectivity index (χ1v) is 4.86. The van der Waals surface area contributed by atoms with E-state index >= 15 is 0 Å². The van der Waals surface area contributed by atoms with Gasteiger partial charge >= 0.3 is 0 Å². The highest BCUT2D eigenvalue weighted by molar-refractivity contribution is 5.30. The van der Waals surface area contributed by atoms with Gasteiger partial charge in [-0.15, -0.1) is 0 Å². The molecule has 1 aliphatic rings. The summed E-state index contributed by atoms with van der Waals surface area (Å²) in [4.78, 5) is 0. The van der Waals surface area contributed by atoms with Crippen LogP contribution < -0.4 is 5.32 Å². The van der Waals surface area contributed by atoms with E-state index in [1.54, 1.807) is 6.07 Å². The smallest absolute Gasteiger partial charge is 0.115 e. The van der Waals surface area contributed by atoms with Gasteiger partial charge in [0.25, 0.3) is 0 Å². The van der Waals surface area contributed by atoms with Crippen molar-refractivity contribution >= 4 is 0 Å².